The zero-order valence-corrected chi connectivity index (χ0v) is 11.8. The van der Waals surface area contributed by atoms with Crippen molar-refractivity contribution >= 4 is 18.0 Å². The highest BCUT2D eigenvalue weighted by molar-refractivity contribution is 5.86. The normalized spacial score (nSPS) is 15.8. The molecule has 1 aliphatic carbocycles. The maximum atomic E-state index is 12.1. The number of amides is 2. The van der Waals surface area contributed by atoms with Crippen LogP contribution in [0, 0.1) is 5.92 Å². The van der Waals surface area contributed by atoms with Crippen molar-refractivity contribution in [2.45, 2.75) is 51.6 Å². The number of carboxylic acids is 2. The molecular weight excluding hydrogens is 264 g/mol. The Labute approximate surface area is 117 Å². The average molecular weight is 286 g/mol. The van der Waals surface area contributed by atoms with Gasteiger partial charge in [-0.25, -0.2) is 9.59 Å². The standard InChI is InChI=1S/C13H22N2O5/c1-8(2)5-6-15(9-3-4-9)13(20)14-10(12(18)19)7-11(16)17/h8-10H,3-7H2,1-2H3,(H,14,20)(H,16,17)(H,18,19)/t10-/m1/s1. The van der Waals surface area contributed by atoms with Crippen LogP contribution in [0.3, 0.4) is 0 Å². The van der Waals surface area contributed by atoms with Crippen LogP contribution in [-0.2, 0) is 9.59 Å². The van der Waals surface area contributed by atoms with Gasteiger partial charge >= 0.3 is 18.0 Å². The van der Waals surface area contributed by atoms with Crippen molar-refractivity contribution in [3.8, 4) is 0 Å². The number of urea groups is 1. The molecule has 20 heavy (non-hydrogen) atoms. The molecule has 7 heteroatoms. The Morgan fingerprint density at radius 1 is 1.25 bits per heavy atom. The molecule has 0 saturated heterocycles. The van der Waals surface area contributed by atoms with Crippen LogP contribution in [0.5, 0.6) is 0 Å². The highest BCUT2D eigenvalue weighted by atomic mass is 16.4. The second-order valence-electron chi connectivity index (χ2n) is 5.55. The Hall–Kier alpha value is -1.79. The minimum Gasteiger partial charge on any atom is -0.481 e. The third-order valence-electron chi connectivity index (χ3n) is 3.17. The molecule has 1 saturated carbocycles. The van der Waals surface area contributed by atoms with Crippen LogP contribution in [0.25, 0.3) is 0 Å². The van der Waals surface area contributed by atoms with Crippen LogP contribution >= 0.6 is 0 Å². The van der Waals surface area contributed by atoms with Gasteiger partial charge in [-0.05, 0) is 25.2 Å². The topological polar surface area (TPSA) is 107 Å². The first-order valence-electron chi connectivity index (χ1n) is 6.83. The van der Waals surface area contributed by atoms with E-state index < -0.39 is 30.4 Å². The van der Waals surface area contributed by atoms with Crippen molar-refractivity contribution in [2.24, 2.45) is 5.92 Å². The number of hydrogen-bond acceptors (Lipinski definition) is 3. The summed E-state index contributed by atoms with van der Waals surface area (Å²) >= 11 is 0. The zero-order valence-electron chi connectivity index (χ0n) is 11.8. The van der Waals surface area contributed by atoms with E-state index >= 15 is 0 Å². The van der Waals surface area contributed by atoms with Crippen LogP contribution in [0.1, 0.15) is 39.5 Å². The van der Waals surface area contributed by atoms with Gasteiger partial charge in [0.15, 0.2) is 0 Å². The van der Waals surface area contributed by atoms with E-state index in [4.69, 9.17) is 10.2 Å². The molecule has 0 aromatic carbocycles. The molecule has 3 N–H and O–H groups in total. The van der Waals surface area contributed by atoms with E-state index in [1.54, 1.807) is 4.90 Å². The molecule has 0 radical (unpaired) electrons. The quantitative estimate of drug-likeness (QED) is 0.620. The molecule has 0 bridgehead atoms. The minimum atomic E-state index is -1.39. The van der Waals surface area contributed by atoms with Crippen molar-refractivity contribution in [1.29, 1.82) is 0 Å². The lowest BCUT2D eigenvalue weighted by Crippen LogP contribution is -2.49. The molecule has 1 fully saturated rings. The Balaban J connectivity index is 2.59. The van der Waals surface area contributed by atoms with E-state index in [2.05, 4.69) is 5.32 Å². The van der Waals surface area contributed by atoms with Gasteiger partial charge in [0.25, 0.3) is 0 Å². The van der Waals surface area contributed by atoms with Gasteiger partial charge in [-0.2, -0.15) is 0 Å². The number of carboxylic acid groups (broad SMARTS) is 2. The van der Waals surface area contributed by atoms with Gasteiger partial charge in [-0.1, -0.05) is 13.8 Å². The lowest BCUT2D eigenvalue weighted by atomic mass is 10.1. The fraction of sp³-hybridized carbons (Fsp3) is 0.769. The van der Waals surface area contributed by atoms with Crippen molar-refractivity contribution in [1.82, 2.24) is 10.2 Å². The molecular formula is C13H22N2O5. The largest absolute Gasteiger partial charge is 0.481 e. The summed E-state index contributed by atoms with van der Waals surface area (Å²) in [6.07, 6.45) is 2.05. The van der Waals surface area contributed by atoms with Gasteiger partial charge in [0.1, 0.15) is 6.04 Å². The van der Waals surface area contributed by atoms with Gasteiger partial charge in [0.05, 0.1) is 6.42 Å². The summed E-state index contributed by atoms with van der Waals surface area (Å²) in [6, 6.07) is -1.71. The Kier molecular flexibility index (Phi) is 5.79. The van der Waals surface area contributed by atoms with E-state index in [-0.39, 0.29) is 6.04 Å². The molecule has 1 aliphatic rings. The lowest BCUT2D eigenvalue weighted by molar-refractivity contribution is -0.145. The van der Waals surface area contributed by atoms with Gasteiger partial charge < -0.3 is 20.4 Å². The fourth-order valence-corrected chi connectivity index (χ4v) is 1.84. The summed E-state index contributed by atoms with van der Waals surface area (Å²) in [5.74, 6) is -2.14. The molecule has 0 aromatic rings. The second kappa shape index (κ2) is 7.12. The molecule has 0 spiro atoms. The maximum Gasteiger partial charge on any atom is 0.326 e. The van der Waals surface area contributed by atoms with Crippen LogP contribution < -0.4 is 5.32 Å². The first kappa shape index (κ1) is 16.3. The van der Waals surface area contributed by atoms with Crippen LogP contribution in [0.15, 0.2) is 0 Å². The summed E-state index contributed by atoms with van der Waals surface area (Å²) < 4.78 is 0. The summed E-state index contributed by atoms with van der Waals surface area (Å²) in [5.41, 5.74) is 0. The molecule has 0 unspecified atom stereocenters. The number of hydrogen-bond donors (Lipinski definition) is 3. The van der Waals surface area contributed by atoms with E-state index in [0.717, 1.165) is 19.3 Å². The fourth-order valence-electron chi connectivity index (χ4n) is 1.84. The number of carbonyl (C=O) groups excluding carboxylic acids is 1. The summed E-state index contributed by atoms with van der Waals surface area (Å²) in [4.78, 5) is 35.3. The molecule has 0 heterocycles. The Bertz CT molecular complexity index is 379. The number of carbonyl (C=O) groups is 3. The minimum absolute atomic E-state index is 0.160. The predicted molar refractivity (Wildman–Crippen MR) is 71.4 cm³/mol. The molecule has 2 amide bonds. The smallest absolute Gasteiger partial charge is 0.326 e. The predicted octanol–water partition coefficient (Wildman–Crippen LogP) is 1.13. The van der Waals surface area contributed by atoms with Gasteiger partial charge in [-0.15, -0.1) is 0 Å². The SMILES string of the molecule is CC(C)CCN(C(=O)N[C@H](CC(=O)O)C(=O)O)C1CC1. The number of rotatable bonds is 8. The van der Waals surface area contributed by atoms with E-state index in [1.165, 1.54) is 0 Å². The monoisotopic (exact) mass is 286 g/mol. The summed E-state index contributed by atoms with van der Waals surface area (Å²) in [5, 5.41) is 19.9. The third kappa shape index (κ3) is 5.46. The summed E-state index contributed by atoms with van der Waals surface area (Å²) in [6.45, 7) is 4.66. The molecule has 0 aliphatic heterocycles. The Morgan fingerprint density at radius 2 is 1.85 bits per heavy atom. The number of nitrogens with zero attached hydrogens (tertiary/aromatic N) is 1. The highest BCUT2D eigenvalue weighted by Crippen LogP contribution is 2.27. The second-order valence-corrected chi connectivity index (χ2v) is 5.55. The number of aliphatic carboxylic acids is 2. The first-order chi connectivity index (χ1) is 9.31. The summed E-state index contributed by atoms with van der Waals surface area (Å²) in [7, 11) is 0. The van der Waals surface area contributed by atoms with Crippen LogP contribution in [-0.4, -0.2) is 51.7 Å². The Morgan fingerprint density at radius 3 is 2.25 bits per heavy atom. The molecule has 1 rings (SSSR count). The van der Waals surface area contributed by atoms with Crippen LogP contribution in [0.2, 0.25) is 0 Å². The maximum absolute atomic E-state index is 12.1. The van der Waals surface area contributed by atoms with Crippen molar-refractivity contribution < 1.29 is 24.6 Å². The average Bonchev–Trinajstić information content (AvgIpc) is 3.11. The van der Waals surface area contributed by atoms with Crippen molar-refractivity contribution in [3.63, 3.8) is 0 Å². The van der Waals surface area contributed by atoms with Crippen molar-refractivity contribution in [3.05, 3.63) is 0 Å². The molecule has 7 nitrogen and oxygen atoms in total. The van der Waals surface area contributed by atoms with E-state index in [1.807, 2.05) is 13.8 Å². The van der Waals surface area contributed by atoms with Gasteiger partial charge in [0.2, 0.25) is 0 Å². The molecule has 1 atom stereocenters. The lowest BCUT2D eigenvalue weighted by Gasteiger charge is -2.25. The third-order valence-corrected chi connectivity index (χ3v) is 3.17. The van der Waals surface area contributed by atoms with E-state index in [0.29, 0.717) is 12.5 Å². The first-order valence-corrected chi connectivity index (χ1v) is 6.83. The zero-order chi connectivity index (χ0) is 15.3. The van der Waals surface area contributed by atoms with Gasteiger partial charge in [-0.3, -0.25) is 4.79 Å². The van der Waals surface area contributed by atoms with Gasteiger partial charge in [0, 0.05) is 12.6 Å². The number of nitrogens with one attached hydrogen (secondary N) is 1. The van der Waals surface area contributed by atoms with E-state index in [9.17, 15) is 14.4 Å². The van der Waals surface area contributed by atoms with Crippen molar-refractivity contribution in [2.75, 3.05) is 6.54 Å². The molecule has 0 aromatic heterocycles. The molecule has 114 valence electrons. The highest BCUT2D eigenvalue weighted by Gasteiger charge is 2.34. The van der Waals surface area contributed by atoms with Crippen LogP contribution in [0.4, 0.5) is 4.79 Å².